The molecule has 1 aromatic carbocycles. The molecule has 2 aromatic heterocycles. The molecule has 0 spiro atoms. The number of hydrogen-bond acceptors (Lipinski definition) is 5. The van der Waals surface area contributed by atoms with Gasteiger partial charge in [0, 0.05) is 17.4 Å². The molecule has 5 nitrogen and oxygen atoms in total. The van der Waals surface area contributed by atoms with Gasteiger partial charge in [-0.2, -0.15) is 4.98 Å². The number of nitrogens with zero attached hydrogens (tertiary/aromatic N) is 3. The van der Waals surface area contributed by atoms with Crippen LogP contribution in [0.1, 0.15) is 11.1 Å². The van der Waals surface area contributed by atoms with Gasteiger partial charge < -0.3 is 10.3 Å². The highest BCUT2D eigenvalue weighted by atomic mass is 35.5. The van der Waals surface area contributed by atoms with Crippen LogP contribution >= 0.6 is 11.6 Å². The molecule has 0 amide bonds. The summed E-state index contributed by atoms with van der Waals surface area (Å²) in [6.07, 6.45) is 1.54. The lowest BCUT2D eigenvalue weighted by atomic mass is 10.0. The average molecular weight is 301 g/mol. The third kappa shape index (κ3) is 2.60. The van der Waals surface area contributed by atoms with E-state index in [2.05, 4.69) is 15.1 Å². The van der Waals surface area contributed by atoms with Crippen LogP contribution in [-0.2, 0) is 0 Å². The molecule has 0 radical (unpaired) electrons. The summed E-state index contributed by atoms with van der Waals surface area (Å²) in [5, 5.41) is 4.52. The quantitative estimate of drug-likeness (QED) is 0.731. The third-order valence-electron chi connectivity index (χ3n) is 3.30. The van der Waals surface area contributed by atoms with Crippen molar-refractivity contribution in [1.29, 1.82) is 0 Å². The van der Waals surface area contributed by atoms with Gasteiger partial charge in [0.1, 0.15) is 5.69 Å². The SMILES string of the molecule is Cc1cc(N)cc(-c2nc(-c3ccc(Cl)cn3)no2)c1C. The molecule has 106 valence electrons. The first kappa shape index (κ1) is 13.6. The summed E-state index contributed by atoms with van der Waals surface area (Å²) in [6, 6.07) is 7.22. The largest absolute Gasteiger partial charge is 0.399 e. The van der Waals surface area contributed by atoms with Gasteiger partial charge in [-0.3, -0.25) is 4.98 Å². The van der Waals surface area contributed by atoms with Crippen LogP contribution in [0.5, 0.6) is 0 Å². The molecule has 6 heteroatoms. The number of anilines is 1. The second kappa shape index (κ2) is 5.18. The molecule has 0 aliphatic heterocycles. The van der Waals surface area contributed by atoms with E-state index in [1.807, 2.05) is 26.0 Å². The Morgan fingerprint density at radius 2 is 2.00 bits per heavy atom. The number of hydrogen-bond donors (Lipinski definition) is 1. The lowest BCUT2D eigenvalue weighted by Gasteiger charge is -2.06. The summed E-state index contributed by atoms with van der Waals surface area (Å²) in [6.45, 7) is 3.99. The molecular formula is C15H13ClN4O. The number of nitrogen functional groups attached to an aromatic ring is 1. The minimum absolute atomic E-state index is 0.418. The van der Waals surface area contributed by atoms with Gasteiger partial charge in [-0.05, 0) is 49.2 Å². The zero-order valence-electron chi connectivity index (χ0n) is 11.6. The number of aromatic nitrogens is 3. The first-order valence-corrected chi connectivity index (χ1v) is 6.75. The molecule has 0 bridgehead atoms. The van der Waals surface area contributed by atoms with Gasteiger partial charge in [0.05, 0.1) is 5.02 Å². The first-order chi connectivity index (χ1) is 10.0. The second-order valence-corrected chi connectivity index (χ2v) is 5.23. The molecule has 0 saturated heterocycles. The molecule has 0 aliphatic carbocycles. The maximum Gasteiger partial charge on any atom is 0.258 e. The summed E-state index contributed by atoms with van der Waals surface area (Å²) in [5.74, 6) is 0.843. The van der Waals surface area contributed by atoms with Crippen LogP contribution in [0.2, 0.25) is 5.02 Å². The van der Waals surface area contributed by atoms with Gasteiger partial charge in [-0.1, -0.05) is 16.8 Å². The van der Waals surface area contributed by atoms with E-state index >= 15 is 0 Å². The fourth-order valence-electron chi connectivity index (χ4n) is 2.05. The highest BCUT2D eigenvalue weighted by molar-refractivity contribution is 6.30. The van der Waals surface area contributed by atoms with Gasteiger partial charge in [0.2, 0.25) is 5.82 Å². The zero-order valence-corrected chi connectivity index (χ0v) is 12.3. The van der Waals surface area contributed by atoms with E-state index in [1.54, 1.807) is 18.3 Å². The van der Waals surface area contributed by atoms with E-state index in [0.717, 1.165) is 16.7 Å². The molecule has 0 fully saturated rings. The van der Waals surface area contributed by atoms with E-state index in [4.69, 9.17) is 21.9 Å². The third-order valence-corrected chi connectivity index (χ3v) is 3.53. The summed E-state index contributed by atoms with van der Waals surface area (Å²) in [7, 11) is 0. The number of nitrogens with two attached hydrogens (primary N) is 1. The Morgan fingerprint density at radius 1 is 1.19 bits per heavy atom. The Labute approximate surface area is 126 Å². The van der Waals surface area contributed by atoms with Crippen LogP contribution < -0.4 is 5.73 Å². The fraction of sp³-hybridized carbons (Fsp3) is 0.133. The van der Waals surface area contributed by atoms with Crippen molar-refractivity contribution in [1.82, 2.24) is 15.1 Å². The molecule has 0 atom stereocenters. The van der Waals surface area contributed by atoms with Crippen LogP contribution in [0.3, 0.4) is 0 Å². The average Bonchev–Trinajstić information content (AvgIpc) is 2.93. The Hall–Kier alpha value is -2.40. The maximum atomic E-state index is 5.88. The number of aryl methyl sites for hydroxylation is 1. The van der Waals surface area contributed by atoms with Crippen LogP contribution in [0.15, 0.2) is 35.0 Å². The standard InChI is InChI=1S/C15H13ClN4O/c1-8-5-11(17)6-12(9(8)2)15-19-14(20-21-15)13-4-3-10(16)7-18-13/h3-7H,17H2,1-2H3. The van der Waals surface area contributed by atoms with Gasteiger partial charge in [-0.15, -0.1) is 0 Å². The minimum atomic E-state index is 0.418. The molecule has 0 unspecified atom stereocenters. The fourth-order valence-corrected chi connectivity index (χ4v) is 2.17. The second-order valence-electron chi connectivity index (χ2n) is 4.80. The maximum absolute atomic E-state index is 5.88. The van der Waals surface area contributed by atoms with E-state index in [1.165, 1.54) is 0 Å². The Kier molecular flexibility index (Phi) is 3.35. The first-order valence-electron chi connectivity index (χ1n) is 6.37. The van der Waals surface area contributed by atoms with Crippen molar-refractivity contribution >= 4 is 17.3 Å². The van der Waals surface area contributed by atoms with Crippen molar-refractivity contribution in [2.45, 2.75) is 13.8 Å². The van der Waals surface area contributed by atoms with Crippen LogP contribution in [0, 0.1) is 13.8 Å². The van der Waals surface area contributed by atoms with Crippen molar-refractivity contribution in [3.63, 3.8) is 0 Å². The summed E-state index contributed by atoms with van der Waals surface area (Å²) < 4.78 is 5.34. The van der Waals surface area contributed by atoms with Crippen molar-refractivity contribution in [3.05, 3.63) is 46.6 Å². The summed E-state index contributed by atoms with van der Waals surface area (Å²) in [4.78, 5) is 8.56. The molecule has 3 aromatic rings. The molecule has 0 saturated carbocycles. The summed E-state index contributed by atoms with van der Waals surface area (Å²) in [5.41, 5.74) is 10.1. The van der Waals surface area contributed by atoms with Crippen LogP contribution in [-0.4, -0.2) is 15.1 Å². The van der Waals surface area contributed by atoms with Gasteiger partial charge in [0.15, 0.2) is 0 Å². The number of halogens is 1. The molecule has 21 heavy (non-hydrogen) atoms. The van der Waals surface area contributed by atoms with Gasteiger partial charge in [-0.25, -0.2) is 0 Å². The van der Waals surface area contributed by atoms with Crippen molar-refractivity contribution in [2.24, 2.45) is 0 Å². The number of pyridine rings is 1. The minimum Gasteiger partial charge on any atom is -0.399 e. The van der Waals surface area contributed by atoms with Gasteiger partial charge >= 0.3 is 0 Å². The van der Waals surface area contributed by atoms with Crippen LogP contribution in [0.25, 0.3) is 23.0 Å². The Bertz CT molecular complexity index is 796. The smallest absolute Gasteiger partial charge is 0.258 e. The summed E-state index contributed by atoms with van der Waals surface area (Å²) >= 11 is 5.82. The molecule has 2 heterocycles. The molecule has 3 rings (SSSR count). The van der Waals surface area contributed by atoms with E-state index in [-0.39, 0.29) is 0 Å². The molecule has 0 aliphatic rings. The van der Waals surface area contributed by atoms with Gasteiger partial charge in [0.25, 0.3) is 5.89 Å². The lowest BCUT2D eigenvalue weighted by Crippen LogP contribution is -1.93. The van der Waals surface area contributed by atoms with Crippen LogP contribution in [0.4, 0.5) is 5.69 Å². The van der Waals surface area contributed by atoms with Crippen molar-refractivity contribution in [2.75, 3.05) is 5.73 Å². The predicted octanol–water partition coefficient (Wildman–Crippen LogP) is 3.65. The topological polar surface area (TPSA) is 77.8 Å². The number of benzene rings is 1. The number of rotatable bonds is 2. The molecular weight excluding hydrogens is 288 g/mol. The van der Waals surface area contributed by atoms with Crippen molar-refractivity contribution < 1.29 is 4.52 Å². The van der Waals surface area contributed by atoms with E-state index in [9.17, 15) is 0 Å². The normalized spacial score (nSPS) is 10.8. The predicted molar refractivity (Wildman–Crippen MR) is 81.9 cm³/mol. The Balaban J connectivity index is 2.04. The molecule has 2 N–H and O–H groups in total. The Morgan fingerprint density at radius 3 is 2.71 bits per heavy atom. The van der Waals surface area contributed by atoms with E-state index in [0.29, 0.717) is 28.1 Å². The highest BCUT2D eigenvalue weighted by Crippen LogP contribution is 2.28. The van der Waals surface area contributed by atoms with Crippen molar-refractivity contribution in [3.8, 4) is 23.0 Å². The zero-order chi connectivity index (χ0) is 15.0. The highest BCUT2D eigenvalue weighted by Gasteiger charge is 2.15. The monoisotopic (exact) mass is 300 g/mol. The van der Waals surface area contributed by atoms with E-state index < -0.39 is 0 Å². The lowest BCUT2D eigenvalue weighted by molar-refractivity contribution is 0.432.